The van der Waals surface area contributed by atoms with E-state index in [9.17, 15) is 0 Å². The predicted molar refractivity (Wildman–Crippen MR) is 137 cm³/mol. The first-order chi connectivity index (χ1) is 14.7. The van der Waals surface area contributed by atoms with Crippen LogP contribution < -0.4 is 10.6 Å². The van der Waals surface area contributed by atoms with Crippen LogP contribution in [0.4, 0.5) is 0 Å². The van der Waals surface area contributed by atoms with Gasteiger partial charge in [0.05, 0.1) is 19.5 Å². The number of nitrogens with zero attached hydrogens (tertiary/aromatic N) is 3. The lowest BCUT2D eigenvalue weighted by Gasteiger charge is -2.33. The summed E-state index contributed by atoms with van der Waals surface area (Å²) in [7, 11) is 0. The van der Waals surface area contributed by atoms with Crippen LogP contribution in [0.15, 0.2) is 40.0 Å². The van der Waals surface area contributed by atoms with E-state index in [0.717, 1.165) is 103 Å². The zero-order valence-electron chi connectivity index (χ0n) is 19.0. The van der Waals surface area contributed by atoms with Crippen molar-refractivity contribution in [3.8, 4) is 0 Å². The maximum Gasteiger partial charge on any atom is 0.191 e. The second-order valence-corrected chi connectivity index (χ2v) is 8.45. The van der Waals surface area contributed by atoms with E-state index < -0.39 is 0 Å². The van der Waals surface area contributed by atoms with Gasteiger partial charge in [-0.25, -0.2) is 0 Å². The number of piperidine rings is 1. The van der Waals surface area contributed by atoms with Gasteiger partial charge < -0.3 is 19.8 Å². The minimum absolute atomic E-state index is 0. The molecular formula is C23H40IN5O2. The van der Waals surface area contributed by atoms with E-state index in [4.69, 9.17) is 14.1 Å². The van der Waals surface area contributed by atoms with Gasteiger partial charge in [-0.15, -0.1) is 24.0 Å². The van der Waals surface area contributed by atoms with E-state index in [1.54, 1.807) is 6.26 Å². The smallest absolute Gasteiger partial charge is 0.191 e. The Hall–Kier alpha value is -1.10. The van der Waals surface area contributed by atoms with Crippen LogP contribution in [-0.2, 0) is 11.2 Å². The number of nitrogens with one attached hydrogen (secondary N) is 2. The Kier molecular flexibility index (Phi) is 12.5. The van der Waals surface area contributed by atoms with Gasteiger partial charge in [0.25, 0.3) is 0 Å². The molecular weight excluding hydrogens is 505 g/mol. The fourth-order valence-electron chi connectivity index (χ4n) is 4.03. The van der Waals surface area contributed by atoms with Crippen LogP contribution in [0.3, 0.4) is 0 Å². The molecule has 8 heteroatoms. The maximum absolute atomic E-state index is 5.45. The van der Waals surface area contributed by atoms with Gasteiger partial charge >= 0.3 is 0 Å². The highest BCUT2D eigenvalue weighted by Crippen LogP contribution is 2.11. The van der Waals surface area contributed by atoms with Gasteiger partial charge in [-0.3, -0.25) is 14.8 Å². The molecule has 0 amide bonds. The molecule has 0 radical (unpaired) electrons. The summed E-state index contributed by atoms with van der Waals surface area (Å²) in [6.07, 6.45) is 5.94. The molecule has 0 saturated carbocycles. The number of morpholine rings is 1. The quantitative estimate of drug-likeness (QED) is 0.155. The molecule has 31 heavy (non-hydrogen) atoms. The number of hydrogen-bond donors (Lipinski definition) is 2. The third-order valence-corrected chi connectivity index (χ3v) is 5.67. The fraction of sp³-hybridized carbons (Fsp3) is 0.696. The van der Waals surface area contributed by atoms with Gasteiger partial charge in [-0.1, -0.05) is 12.2 Å². The summed E-state index contributed by atoms with van der Waals surface area (Å²) in [5, 5.41) is 7.18. The first-order valence-electron chi connectivity index (χ1n) is 11.4. The molecule has 0 atom stereocenters. The lowest BCUT2D eigenvalue weighted by molar-refractivity contribution is 0.0377. The Bertz CT molecular complexity index is 638. The second-order valence-electron chi connectivity index (χ2n) is 8.45. The van der Waals surface area contributed by atoms with Crippen LogP contribution in [0.2, 0.25) is 0 Å². The third-order valence-electron chi connectivity index (χ3n) is 5.67. The van der Waals surface area contributed by atoms with E-state index in [1.165, 1.54) is 5.57 Å². The van der Waals surface area contributed by atoms with Crippen molar-refractivity contribution in [2.24, 2.45) is 4.99 Å². The number of guanidine groups is 1. The third kappa shape index (κ3) is 10.4. The minimum Gasteiger partial charge on any atom is -0.469 e. The van der Waals surface area contributed by atoms with Crippen molar-refractivity contribution < 1.29 is 9.15 Å². The number of aliphatic imine (C=N–C) groups is 1. The molecule has 2 N–H and O–H groups in total. The molecule has 2 aliphatic heterocycles. The zero-order chi connectivity index (χ0) is 21.0. The highest BCUT2D eigenvalue weighted by molar-refractivity contribution is 14.0. The summed E-state index contributed by atoms with van der Waals surface area (Å²) in [5.41, 5.74) is 1.24. The first-order valence-corrected chi connectivity index (χ1v) is 11.4. The van der Waals surface area contributed by atoms with Gasteiger partial charge in [0.2, 0.25) is 0 Å². The van der Waals surface area contributed by atoms with Crippen LogP contribution in [0.25, 0.3) is 0 Å². The minimum atomic E-state index is 0. The Balaban J connectivity index is 0.00000341. The van der Waals surface area contributed by atoms with Crippen LogP contribution in [0.1, 0.15) is 31.9 Å². The maximum atomic E-state index is 5.45. The van der Waals surface area contributed by atoms with Crippen molar-refractivity contribution in [2.75, 3.05) is 65.6 Å². The number of rotatable bonds is 10. The molecule has 0 aliphatic carbocycles. The van der Waals surface area contributed by atoms with E-state index in [2.05, 4.69) is 33.9 Å². The molecule has 0 aromatic carbocycles. The molecule has 1 aromatic heterocycles. The molecule has 2 aliphatic rings. The predicted octanol–water partition coefficient (Wildman–Crippen LogP) is 2.74. The standard InChI is InChI=1S/C23H39N5O2.HI/c1-20(2)19-28-12-7-21(8-13-28)26-23(25-10-6-22-5-3-16-30-22)24-9-4-11-27-14-17-29-18-15-27;/h3,5,16,21H,1,4,6-15,17-19H2,2H3,(H2,24,25,26);1H. The van der Waals surface area contributed by atoms with Crippen LogP contribution in [-0.4, -0.2) is 87.4 Å². The molecule has 0 spiro atoms. The van der Waals surface area contributed by atoms with Gasteiger partial charge in [-0.05, 0) is 38.3 Å². The fourth-order valence-corrected chi connectivity index (χ4v) is 4.03. The van der Waals surface area contributed by atoms with Gasteiger partial charge in [0.15, 0.2) is 5.96 Å². The Morgan fingerprint density at radius 3 is 2.65 bits per heavy atom. The van der Waals surface area contributed by atoms with Crippen molar-refractivity contribution in [1.29, 1.82) is 0 Å². The van der Waals surface area contributed by atoms with Gasteiger partial charge in [0, 0.05) is 64.8 Å². The average molecular weight is 546 g/mol. The molecule has 3 rings (SSSR count). The number of halogens is 1. The van der Waals surface area contributed by atoms with Crippen molar-refractivity contribution in [1.82, 2.24) is 20.4 Å². The molecule has 2 saturated heterocycles. The SMILES string of the molecule is C=C(C)CN1CCC(NC(=NCCCN2CCOCC2)NCCc2ccco2)CC1.I. The summed E-state index contributed by atoms with van der Waals surface area (Å²) < 4.78 is 10.9. The summed E-state index contributed by atoms with van der Waals surface area (Å²) in [6.45, 7) is 15.9. The van der Waals surface area contributed by atoms with E-state index in [-0.39, 0.29) is 24.0 Å². The normalized spacial score (nSPS) is 19.1. The van der Waals surface area contributed by atoms with E-state index >= 15 is 0 Å². The number of likely N-dealkylation sites (tertiary alicyclic amines) is 1. The monoisotopic (exact) mass is 545 g/mol. The summed E-state index contributed by atoms with van der Waals surface area (Å²) in [6, 6.07) is 4.43. The highest BCUT2D eigenvalue weighted by atomic mass is 127. The number of hydrogen-bond acceptors (Lipinski definition) is 5. The van der Waals surface area contributed by atoms with Crippen LogP contribution >= 0.6 is 24.0 Å². The van der Waals surface area contributed by atoms with Crippen LogP contribution in [0, 0.1) is 0 Å². The second kappa shape index (κ2) is 14.9. The average Bonchev–Trinajstić information content (AvgIpc) is 3.26. The Labute approximate surface area is 204 Å². The van der Waals surface area contributed by atoms with Gasteiger partial charge in [0.1, 0.15) is 5.76 Å². The van der Waals surface area contributed by atoms with Crippen molar-refractivity contribution in [3.05, 3.63) is 36.3 Å². The molecule has 3 heterocycles. The molecule has 176 valence electrons. The molecule has 1 aromatic rings. The van der Waals surface area contributed by atoms with Crippen LogP contribution in [0.5, 0.6) is 0 Å². The number of ether oxygens (including phenoxy) is 1. The van der Waals surface area contributed by atoms with Crippen molar-refractivity contribution >= 4 is 29.9 Å². The van der Waals surface area contributed by atoms with E-state index in [0.29, 0.717) is 6.04 Å². The zero-order valence-corrected chi connectivity index (χ0v) is 21.3. The molecule has 0 unspecified atom stereocenters. The Morgan fingerprint density at radius 2 is 1.97 bits per heavy atom. The van der Waals surface area contributed by atoms with Crippen molar-refractivity contribution in [2.45, 2.75) is 38.6 Å². The largest absolute Gasteiger partial charge is 0.469 e. The van der Waals surface area contributed by atoms with E-state index in [1.807, 2.05) is 12.1 Å². The molecule has 0 bridgehead atoms. The summed E-state index contributed by atoms with van der Waals surface area (Å²) in [4.78, 5) is 9.82. The Morgan fingerprint density at radius 1 is 1.19 bits per heavy atom. The summed E-state index contributed by atoms with van der Waals surface area (Å²) in [5.74, 6) is 1.93. The molecule has 2 fully saturated rings. The summed E-state index contributed by atoms with van der Waals surface area (Å²) >= 11 is 0. The van der Waals surface area contributed by atoms with Gasteiger partial charge in [-0.2, -0.15) is 0 Å². The lowest BCUT2D eigenvalue weighted by Crippen LogP contribution is -2.49. The van der Waals surface area contributed by atoms with Crippen molar-refractivity contribution in [3.63, 3.8) is 0 Å². The molecule has 7 nitrogen and oxygen atoms in total. The number of furan rings is 1. The lowest BCUT2D eigenvalue weighted by atomic mass is 10.0. The first kappa shape index (κ1) is 26.2. The highest BCUT2D eigenvalue weighted by Gasteiger charge is 2.20. The topological polar surface area (TPSA) is 65.3 Å².